The quantitative estimate of drug-likeness (QED) is 0.133. The zero-order chi connectivity index (χ0) is 35.9. The minimum Gasteiger partial charge on any atom is -0.494 e. The molecule has 0 fully saturated rings. The third-order valence-corrected chi connectivity index (χ3v) is 8.74. The van der Waals surface area contributed by atoms with Crippen molar-refractivity contribution in [2.45, 2.75) is 26.9 Å². The number of para-hydroxylation sites is 2. The summed E-state index contributed by atoms with van der Waals surface area (Å²) in [6.45, 7) is 5.70. The van der Waals surface area contributed by atoms with Crippen molar-refractivity contribution in [2.24, 2.45) is 0 Å². The summed E-state index contributed by atoms with van der Waals surface area (Å²) >= 11 is 0. The molecule has 2 heterocycles. The minimum atomic E-state index is -0.197. The highest BCUT2D eigenvalue weighted by atomic mass is 16.5. The van der Waals surface area contributed by atoms with E-state index in [0.717, 1.165) is 55.6 Å². The van der Waals surface area contributed by atoms with Gasteiger partial charge in [-0.2, -0.15) is 0 Å². The van der Waals surface area contributed by atoms with Gasteiger partial charge >= 0.3 is 0 Å². The molecule has 0 aliphatic heterocycles. The Labute approximate surface area is 302 Å². The van der Waals surface area contributed by atoms with E-state index in [9.17, 15) is 9.59 Å². The summed E-state index contributed by atoms with van der Waals surface area (Å²) in [4.78, 5) is 37.0. The lowest BCUT2D eigenvalue weighted by atomic mass is 10.0. The highest BCUT2D eigenvalue weighted by Crippen LogP contribution is 2.28. The maximum atomic E-state index is 13.7. The maximum Gasteiger partial charge on any atom is 0.252 e. The Morgan fingerprint density at radius 3 is 1.37 bits per heavy atom. The van der Waals surface area contributed by atoms with Gasteiger partial charge in [-0.05, 0) is 97.8 Å². The molecule has 0 bridgehead atoms. The van der Waals surface area contributed by atoms with E-state index in [1.165, 1.54) is 0 Å². The number of nitrogens with zero attached hydrogens (tertiary/aromatic N) is 2. The summed E-state index contributed by atoms with van der Waals surface area (Å²) in [5.41, 5.74) is 7.61. The van der Waals surface area contributed by atoms with Gasteiger partial charge in [0.1, 0.15) is 11.5 Å². The summed E-state index contributed by atoms with van der Waals surface area (Å²) in [5.74, 6) is 1.17. The number of carbonyl (C=O) groups excluding carboxylic acids is 2. The van der Waals surface area contributed by atoms with Gasteiger partial charge in [0, 0.05) is 35.0 Å². The Balaban J connectivity index is 1.05. The van der Waals surface area contributed by atoms with Gasteiger partial charge in [-0.3, -0.25) is 9.59 Å². The van der Waals surface area contributed by atoms with Gasteiger partial charge in [0.15, 0.2) is 0 Å². The molecule has 0 saturated carbocycles. The van der Waals surface area contributed by atoms with E-state index >= 15 is 0 Å². The maximum absolute atomic E-state index is 13.7. The van der Waals surface area contributed by atoms with Gasteiger partial charge in [0.05, 0.1) is 46.8 Å². The summed E-state index contributed by atoms with van der Waals surface area (Å²) in [6, 6.07) is 42.3. The van der Waals surface area contributed by atoms with E-state index in [2.05, 4.69) is 10.6 Å². The van der Waals surface area contributed by atoms with E-state index in [4.69, 9.17) is 19.4 Å². The largest absolute Gasteiger partial charge is 0.494 e. The second kappa shape index (κ2) is 15.6. The first kappa shape index (κ1) is 33.9. The molecule has 0 aliphatic carbocycles. The number of hydrogen-bond donors (Lipinski definition) is 2. The number of aromatic nitrogens is 2. The molecule has 0 spiro atoms. The molecular formula is C44H38N4O4. The van der Waals surface area contributed by atoms with Crippen LogP contribution in [0.3, 0.4) is 0 Å². The molecule has 5 aromatic carbocycles. The van der Waals surface area contributed by atoms with Crippen LogP contribution in [0.25, 0.3) is 44.3 Å². The van der Waals surface area contributed by atoms with Crippen LogP contribution in [0.4, 0.5) is 0 Å². The highest BCUT2D eigenvalue weighted by molar-refractivity contribution is 6.08. The normalized spacial score (nSPS) is 11.0. The van der Waals surface area contributed by atoms with Crippen molar-refractivity contribution < 1.29 is 19.1 Å². The van der Waals surface area contributed by atoms with Crippen molar-refractivity contribution in [3.05, 3.63) is 156 Å². The Morgan fingerprint density at radius 1 is 0.519 bits per heavy atom. The molecule has 0 unspecified atom stereocenters. The van der Waals surface area contributed by atoms with E-state index in [1.54, 1.807) is 0 Å². The van der Waals surface area contributed by atoms with Gasteiger partial charge in [-0.15, -0.1) is 0 Å². The summed E-state index contributed by atoms with van der Waals surface area (Å²) in [6.07, 6.45) is 0. The lowest BCUT2D eigenvalue weighted by Crippen LogP contribution is -2.24. The highest BCUT2D eigenvalue weighted by Gasteiger charge is 2.16. The fourth-order valence-electron chi connectivity index (χ4n) is 6.20. The molecule has 0 atom stereocenters. The summed E-state index contributed by atoms with van der Waals surface area (Å²) in [5, 5.41) is 7.74. The van der Waals surface area contributed by atoms with Crippen LogP contribution >= 0.6 is 0 Å². The third kappa shape index (κ3) is 7.61. The first-order chi connectivity index (χ1) is 25.5. The number of pyridine rings is 2. The molecule has 0 saturated heterocycles. The number of rotatable bonds is 12. The zero-order valence-electron chi connectivity index (χ0n) is 29.1. The number of amides is 2. The topological polar surface area (TPSA) is 102 Å². The van der Waals surface area contributed by atoms with Crippen molar-refractivity contribution >= 4 is 33.6 Å². The first-order valence-corrected chi connectivity index (χ1v) is 17.4. The minimum absolute atomic E-state index is 0.197. The third-order valence-electron chi connectivity index (χ3n) is 8.74. The molecule has 8 nitrogen and oxygen atoms in total. The van der Waals surface area contributed by atoms with E-state index in [0.29, 0.717) is 48.8 Å². The van der Waals surface area contributed by atoms with Crippen molar-refractivity contribution in [3.8, 4) is 34.0 Å². The molecular weight excluding hydrogens is 649 g/mol. The SMILES string of the molecule is CCOc1ccc(-c2cc(C(=O)NCc3cccc(CNC(=O)c4cc(-c5ccc(OCC)cc5)nc5ccccc45)c3)c3ccccc3n2)cc1. The predicted molar refractivity (Wildman–Crippen MR) is 205 cm³/mol. The molecule has 0 radical (unpaired) electrons. The fraction of sp³-hybridized carbons (Fsp3) is 0.136. The van der Waals surface area contributed by atoms with Gasteiger partial charge in [-0.1, -0.05) is 60.7 Å². The number of nitrogens with one attached hydrogen (secondary N) is 2. The number of benzene rings is 5. The Bertz CT molecular complexity index is 2210. The monoisotopic (exact) mass is 686 g/mol. The molecule has 0 aliphatic rings. The Morgan fingerprint density at radius 2 is 0.942 bits per heavy atom. The average Bonchev–Trinajstić information content (AvgIpc) is 3.19. The van der Waals surface area contributed by atoms with E-state index in [1.807, 2.05) is 147 Å². The summed E-state index contributed by atoms with van der Waals surface area (Å²) in [7, 11) is 0. The Kier molecular flexibility index (Phi) is 10.2. The van der Waals surface area contributed by atoms with E-state index < -0.39 is 0 Å². The second-order valence-electron chi connectivity index (χ2n) is 12.2. The molecule has 2 amide bonds. The second-order valence-corrected chi connectivity index (χ2v) is 12.2. The first-order valence-electron chi connectivity index (χ1n) is 17.4. The van der Waals surface area contributed by atoms with Crippen LogP contribution in [0.2, 0.25) is 0 Å². The van der Waals surface area contributed by atoms with Crippen LogP contribution in [-0.2, 0) is 13.1 Å². The molecule has 258 valence electrons. The molecule has 52 heavy (non-hydrogen) atoms. The summed E-state index contributed by atoms with van der Waals surface area (Å²) < 4.78 is 11.2. The van der Waals surface area contributed by atoms with Crippen LogP contribution in [-0.4, -0.2) is 35.0 Å². The standard InChI is InChI=1S/C44H38N4O4/c1-3-51-33-20-16-31(17-21-33)41-25-37(35-12-5-7-14-39(35)47-41)43(49)45-27-29-10-9-11-30(24-29)28-46-44(50)38-26-42(48-40-15-8-6-13-36(38)40)32-18-22-34(23-19-32)52-4-2/h5-26H,3-4,27-28H2,1-2H3,(H,45,49)(H,46,50). The fourth-order valence-corrected chi connectivity index (χ4v) is 6.20. The zero-order valence-corrected chi connectivity index (χ0v) is 29.1. The van der Waals surface area contributed by atoms with Crippen molar-refractivity contribution in [2.75, 3.05) is 13.2 Å². The average molecular weight is 687 g/mol. The number of hydrogen-bond acceptors (Lipinski definition) is 6. The van der Waals surface area contributed by atoms with Crippen molar-refractivity contribution in [3.63, 3.8) is 0 Å². The lowest BCUT2D eigenvalue weighted by molar-refractivity contribution is 0.0945. The van der Waals surface area contributed by atoms with E-state index in [-0.39, 0.29) is 11.8 Å². The lowest BCUT2D eigenvalue weighted by Gasteiger charge is -2.13. The van der Waals surface area contributed by atoms with Gasteiger partial charge < -0.3 is 20.1 Å². The van der Waals surface area contributed by atoms with Crippen LogP contribution in [0.5, 0.6) is 11.5 Å². The molecule has 8 heteroatoms. The van der Waals surface area contributed by atoms with Crippen molar-refractivity contribution in [1.29, 1.82) is 0 Å². The number of carbonyl (C=O) groups is 2. The molecule has 7 rings (SSSR count). The Hall–Kier alpha value is -6.54. The van der Waals surface area contributed by atoms with Crippen LogP contribution in [0.15, 0.2) is 133 Å². The van der Waals surface area contributed by atoms with Gasteiger partial charge in [-0.25, -0.2) is 9.97 Å². The predicted octanol–water partition coefficient (Wildman–Crippen LogP) is 8.77. The number of ether oxygens (including phenoxy) is 2. The molecule has 2 aromatic heterocycles. The van der Waals surface area contributed by atoms with Crippen molar-refractivity contribution in [1.82, 2.24) is 20.6 Å². The molecule has 2 N–H and O–H groups in total. The smallest absolute Gasteiger partial charge is 0.252 e. The number of fused-ring (bicyclic) bond motifs is 2. The van der Waals surface area contributed by atoms with Crippen LogP contribution < -0.4 is 20.1 Å². The van der Waals surface area contributed by atoms with Crippen LogP contribution in [0.1, 0.15) is 45.7 Å². The van der Waals surface area contributed by atoms with Gasteiger partial charge in [0.25, 0.3) is 11.8 Å². The molecule has 7 aromatic rings. The van der Waals surface area contributed by atoms with Crippen LogP contribution in [0, 0.1) is 0 Å². The van der Waals surface area contributed by atoms with Gasteiger partial charge in [0.2, 0.25) is 0 Å².